The first kappa shape index (κ1) is 19.4. The first-order valence-electron chi connectivity index (χ1n) is 9.38. The number of ether oxygens (including phenoxy) is 2. The molecule has 0 saturated carbocycles. The molecule has 3 aromatic rings. The van der Waals surface area contributed by atoms with Gasteiger partial charge in [0.1, 0.15) is 6.04 Å². The minimum atomic E-state index is -0.606. The third-order valence-corrected chi connectivity index (χ3v) is 5.08. The normalized spacial score (nSPS) is 15.3. The summed E-state index contributed by atoms with van der Waals surface area (Å²) in [6, 6.07) is 12.5. The molecule has 2 N–H and O–H groups in total. The Labute approximate surface area is 173 Å². The Balaban J connectivity index is 1.84. The van der Waals surface area contributed by atoms with E-state index in [2.05, 4.69) is 26.2 Å². The zero-order chi connectivity index (χ0) is 21.3. The molecule has 0 aliphatic carbocycles. The Kier molecular flexibility index (Phi) is 5.09. The molecule has 2 aromatic carbocycles. The molecule has 0 unspecified atom stereocenters. The molecule has 0 spiro atoms. The van der Waals surface area contributed by atoms with Crippen molar-refractivity contribution in [2.45, 2.75) is 19.9 Å². The van der Waals surface area contributed by atoms with Gasteiger partial charge < -0.3 is 20.1 Å². The van der Waals surface area contributed by atoms with Crippen LogP contribution in [-0.2, 0) is 4.79 Å². The molecule has 2 heterocycles. The maximum absolute atomic E-state index is 13.4. The van der Waals surface area contributed by atoms with Crippen molar-refractivity contribution in [1.29, 1.82) is 0 Å². The number of nitrogens with zero attached hydrogens (tertiary/aromatic N) is 4. The number of carbonyl (C=O) groups excluding carboxylic acids is 1. The van der Waals surface area contributed by atoms with Gasteiger partial charge in [-0.3, -0.25) is 4.79 Å². The third-order valence-electron chi connectivity index (χ3n) is 5.08. The Hall–Kier alpha value is -3.88. The first-order valence-corrected chi connectivity index (χ1v) is 9.38. The molecular formula is C21H22N6O3. The molecule has 0 fully saturated rings. The highest BCUT2D eigenvalue weighted by Gasteiger charge is 2.36. The number of rotatable bonds is 5. The number of fused-ring (bicyclic) bond motifs is 1. The van der Waals surface area contributed by atoms with Crippen molar-refractivity contribution in [3.8, 4) is 11.5 Å². The van der Waals surface area contributed by atoms with Crippen molar-refractivity contribution in [3.63, 3.8) is 0 Å². The van der Waals surface area contributed by atoms with Crippen molar-refractivity contribution in [1.82, 2.24) is 20.2 Å². The Bertz CT molecular complexity index is 1140. The molecule has 154 valence electrons. The molecule has 1 atom stereocenters. The van der Waals surface area contributed by atoms with Crippen molar-refractivity contribution >= 4 is 17.5 Å². The standard InChI is InChI=1S/C21H22N6O3/c1-12-8-5-6-10-15(12)23-20(28)17-13(2)22-21-24-25-26-27(21)18(17)14-9-7-11-16(29-3)19(14)30-4/h5-11,18H,1-4H3,(H,23,28)(H,22,24,26)/t18-/m1/s1. The van der Waals surface area contributed by atoms with Crippen molar-refractivity contribution < 1.29 is 14.3 Å². The van der Waals surface area contributed by atoms with Crippen LogP contribution in [-0.4, -0.2) is 40.3 Å². The fourth-order valence-electron chi connectivity index (χ4n) is 3.62. The molecular weight excluding hydrogens is 384 g/mol. The van der Waals surface area contributed by atoms with Gasteiger partial charge in [0.25, 0.3) is 5.91 Å². The smallest absolute Gasteiger partial charge is 0.255 e. The van der Waals surface area contributed by atoms with Crippen LogP contribution in [0.5, 0.6) is 11.5 Å². The van der Waals surface area contributed by atoms with E-state index >= 15 is 0 Å². The summed E-state index contributed by atoms with van der Waals surface area (Å²) in [5.41, 5.74) is 3.54. The number of methoxy groups -OCH3 is 2. The lowest BCUT2D eigenvalue weighted by molar-refractivity contribution is -0.113. The second kappa shape index (κ2) is 7.86. The fraction of sp³-hybridized carbons (Fsp3) is 0.238. The van der Waals surface area contributed by atoms with Crippen LogP contribution in [0.15, 0.2) is 53.7 Å². The maximum Gasteiger partial charge on any atom is 0.255 e. The quantitative estimate of drug-likeness (QED) is 0.671. The number of anilines is 2. The molecule has 0 saturated heterocycles. The van der Waals surface area contributed by atoms with Crippen LogP contribution in [0.25, 0.3) is 0 Å². The molecule has 1 amide bonds. The average Bonchev–Trinajstić information content (AvgIpc) is 3.21. The van der Waals surface area contributed by atoms with Crippen LogP contribution < -0.4 is 20.1 Å². The van der Waals surface area contributed by atoms with Gasteiger partial charge in [0.05, 0.1) is 19.8 Å². The number of carbonyl (C=O) groups is 1. The number of para-hydroxylation sites is 2. The van der Waals surface area contributed by atoms with E-state index in [-0.39, 0.29) is 5.91 Å². The summed E-state index contributed by atoms with van der Waals surface area (Å²) < 4.78 is 12.7. The summed E-state index contributed by atoms with van der Waals surface area (Å²) in [5, 5.41) is 18.0. The van der Waals surface area contributed by atoms with Gasteiger partial charge in [0, 0.05) is 16.9 Å². The van der Waals surface area contributed by atoms with Crippen LogP contribution in [0.1, 0.15) is 24.1 Å². The lowest BCUT2D eigenvalue weighted by Crippen LogP contribution is -2.32. The van der Waals surface area contributed by atoms with Gasteiger partial charge >= 0.3 is 0 Å². The number of tetrazole rings is 1. The second-order valence-corrected chi connectivity index (χ2v) is 6.87. The van der Waals surface area contributed by atoms with Gasteiger partial charge in [0.2, 0.25) is 5.95 Å². The zero-order valence-electron chi connectivity index (χ0n) is 17.1. The summed E-state index contributed by atoms with van der Waals surface area (Å²) in [6.45, 7) is 3.77. The van der Waals surface area contributed by atoms with Gasteiger partial charge in [-0.15, -0.1) is 0 Å². The summed E-state index contributed by atoms with van der Waals surface area (Å²) in [4.78, 5) is 13.4. The van der Waals surface area contributed by atoms with E-state index in [0.717, 1.165) is 11.3 Å². The summed E-state index contributed by atoms with van der Waals surface area (Å²) >= 11 is 0. The van der Waals surface area contributed by atoms with E-state index in [0.29, 0.717) is 34.3 Å². The van der Waals surface area contributed by atoms with Gasteiger partial charge in [0.15, 0.2) is 11.5 Å². The number of aryl methyl sites for hydroxylation is 1. The van der Waals surface area contributed by atoms with E-state index in [1.807, 2.05) is 50.2 Å². The molecule has 9 heteroatoms. The number of amides is 1. The highest BCUT2D eigenvalue weighted by Crippen LogP contribution is 2.42. The zero-order valence-corrected chi connectivity index (χ0v) is 17.1. The topological polar surface area (TPSA) is 103 Å². The van der Waals surface area contributed by atoms with Gasteiger partial charge in [-0.05, 0) is 42.0 Å². The van der Waals surface area contributed by atoms with Crippen molar-refractivity contribution in [3.05, 3.63) is 64.9 Å². The van der Waals surface area contributed by atoms with Crippen LogP contribution >= 0.6 is 0 Å². The molecule has 1 aromatic heterocycles. The maximum atomic E-state index is 13.4. The third kappa shape index (κ3) is 3.24. The van der Waals surface area contributed by atoms with Crippen LogP contribution in [0.3, 0.4) is 0 Å². The molecule has 0 radical (unpaired) electrons. The average molecular weight is 406 g/mol. The molecule has 30 heavy (non-hydrogen) atoms. The Morgan fingerprint density at radius 2 is 1.90 bits per heavy atom. The number of nitrogens with one attached hydrogen (secondary N) is 2. The molecule has 9 nitrogen and oxygen atoms in total. The predicted molar refractivity (Wildman–Crippen MR) is 112 cm³/mol. The SMILES string of the molecule is COc1cccc([C@@H]2C(C(=O)Nc3ccccc3C)=C(C)Nc3nnnn32)c1OC. The summed E-state index contributed by atoms with van der Waals surface area (Å²) in [7, 11) is 3.13. The molecule has 1 aliphatic rings. The van der Waals surface area contributed by atoms with E-state index in [1.165, 1.54) is 0 Å². The lowest BCUT2D eigenvalue weighted by Gasteiger charge is -2.29. The highest BCUT2D eigenvalue weighted by molar-refractivity contribution is 6.06. The number of benzene rings is 2. The number of aromatic nitrogens is 4. The molecule has 0 bridgehead atoms. The molecule has 1 aliphatic heterocycles. The van der Waals surface area contributed by atoms with E-state index in [1.54, 1.807) is 25.0 Å². The van der Waals surface area contributed by atoms with E-state index < -0.39 is 6.04 Å². The minimum absolute atomic E-state index is 0.259. The number of hydrogen-bond donors (Lipinski definition) is 2. The minimum Gasteiger partial charge on any atom is -0.493 e. The fourth-order valence-corrected chi connectivity index (χ4v) is 3.62. The lowest BCUT2D eigenvalue weighted by atomic mass is 9.93. The highest BCUT2D eigenvalue weighted by atomic mass is 16.5. The largest absolute Gasteiger partial charge is 0.493 e. The van der Waals surface area contributed by atoms with Crippen molar-refractivity contribution in [2.75, 3.05) is 24.9 Å². The van der Waals surface area contributed by atoms with E-state index in [9.17, 15) is 4.79 Å². The van der Waals surface area contributed by atoms with Gasteiger partial charge in [-0.1, -0.05) is 35.4 Å². The summed E-state index contributed by atoms with van der Waals surface area (Å²) in [6.07, 6.45) is 0. The van der Waals surface area contributed by atoms with Gasteiger partial charge in [-0.25, -0.2) is 0 Å². The van der Waals surface area contributed by atoms with Crippen LogP contribution in [0.2, 0.25) is 0 Å². The number of allylic oxidation sites excluding steroid dienone is 1. The van der Waals surface area contributed by atoms with Crippen LogP contribution in [0.4, 0.5) is 11.6 Å². The van der Waals surface area contributed by atoms with Gasteiger partial charge in [-0.2, -0.15) is 4.68 Å². The number of hydrogen-bond acceptors (Lipinski definition) is 7. The summed E-state index contributed by atoms with van der Waals surface area (Å²) in [5.74, 6) is 1.25. The van der Waals surface area contributed by atoms with Crippen LogP contribution in [0, 0.1) is 6.92 Å². The van der Waals surface area contributed by atoms with E-state index in [4.69, 9.17) is 9.47 Å². The Morgan fingerprint density at radius 1 is 1.10 bits per heavy atom. The first-order chi connectivity index (χ1) is 14.5. The molecule has 4 rings (SSSR count). The monoisotopic (exact) mass is 406 g/mol. The van der Waals surface area contributed by atoms with Crippen molar-refractivity contribution in [2.24, 2.45) is 0 Å². The predicted octanol–water partition coefficient (Wildman–Crippen LogP) is 2.93. The Morgan fingerprint density at radius 3 is 2.63 bits per heavy atom. The second-order valence-electron chi connectivity index (χ2n) is 6.87.